The number of allylic oxidation sites excluding steroid dienone is 1. The number of imidazole rings is 1. The summed E-state index contributed by atoms with van der Waals surface area (Å²) in [7, 11) is 1.67. The zero-order valence-corrected chi connectivity index (χ0v) is 18.0. The number of fused-ring (bicyclic) bond motifs is 3. The summed E-state index contributed by atoms with van der Waals surface area (Å²) in [5, 5.41) is 0. The molecule has 0 saturated heterocycles. The van der Waals surface area contributed by atoms with Crippen LogP contribution in [0.5, 0.6) is 0 Å². The number of hydrogen-bond donors (Lipinski definition) is 0. The molecular formula is C23H29N5O2. The molecule has 2 aromatic heterocycles. The van der Waals surface area contributed by atoms with Crippen LogP contribution < -0.4 is 16.1 Å². The Morgan fingerprint density at radius 1 is 1.17 bits per heavy atom. The van der Waals surface area contributed by atoms with Crippen molar-refractivity contribution < 1.29 is 0 Å². The maximum Gasteiger partial charge on any atom is 0.332 e. The van der Waals surface area contributed by atoms with Crippen LogP contribution in [0.1, 0.15) is 38.7 Å². The minimum absolute atomic E-state index is 0.213. The highest BCUT2D eigenvalue weighted by atomic mass is 16.2. The van der Waals surface area contributed by atoms with Crippen molar-refractivity contribution >= 4 is 22.8 Å². The smallest absolute Gasteiger partial charge is 0.312 e. The predicted octanol–water partition coefficient (Wildman–Crippen LogP) is 3.36. The van der Waals surface area contributed by atoms with Gasteiger partial charge in [0.1, 0.15) is 0 Å². The van der Waals surface area contributed by atoms with Gasteiger partial charge in [-0.2, -0.15) is 4.98 Å². The quantitative estimate of drug-likeness (QED) is 0.588. The number of aryl methyl sites for hydroxylation is 3. The molecule has 0 bridgehead atoms. The van der Waals surface area contributed by atoms with E-state index in [0.717, 1.165) is 36.6 Å². The summed E-state index contributed by atoms with van der Waals surface area (Å²) in [5.41, 5.74) is 3.40. The van der Waals surface area contributed by atoms with Gasteiger partial charge in [-0.15, -0.1) is 0 Å². The average molecular weight is 408 g/mol. The van der Waals surface area contributed by atoms with E-state index in [-0.39, 0.29) is 17.8 Å². The van der Waals surface area contributed by atoms with E-state index in [4.69, 9.17) is 4.98 Å². The highest BCUT2D eigenvalue weighted by Gasteiger charge is 2.26. The van der Waals surface area contributed by atoms with Gasteiger partial charge in [0.25, 0.3) is 5.56 Å². The Morgan fingerprint density at radius 2 is 1.90 bits per heavy atom. The van der Waals surface area contributed by atoms with Crippen LogP contribution in [0.15, 0.2) is 46.0 Å². The Labute approximate surface area is 175 Å². The molecule has 1 aliphatic heterocycles. The molecule has 0 aliphatic carbocycles. The molecule has 1 aliphatic rings. The first-order chi connectivity index (χ1) is 14.4. The molecule has 0 spiro atoms. The molecule has 30 heavy (non-hydrogen) atoms. The van der Waals surface area contributed by atoms with E-state index in [1.54, 1.807) is 7.05 Å². The fourth-order valence-electron chi connectivity index (χ4n) is 4.14. The van der Waals surface area contributed by atoms with Crippen molar-refractivity contribution in [3.63, 3.8) is 0 Å². The van der Waals surface area contributed by atoms with Gasteiger partial charge in [0.2, 0.25) is 5.95 Å². The van der Waals surface area contributed by atoms with Gasteiger partial charge in [-0.1, -0.05) is 37.6 Å². The molecule has 0 saturated carbocycles. The van der Waals surface area contributed by atoms with Crippen molar-refractivity contribution in [1.29, 1.82) is 0 Å². The molecule has 0 unspecified atom stereocenters. The van der Waals surface area contributed by atoms with Crippen LogP contribution in [0.25, 0.3) is 11.2 Å². The van der Waals surface area contributed by atoms with E-state index in [1.165, 1.54) is 27.5 Å². The molecule has 158 valence electrons. The zero-order valence-electron chi connectivity index (χ0n) is 18.0. The molecule has 1 aromatic carbocycles. The van der Waals surface area contributed by atoms with Crippen molar-refractivity contribution in [2.75, 3.05) is 11.4 Å². The lowest BCUT2D eigenvalue weighted by atomic mass is 10.1. The van der Waals surface area contributed by atoms with Crippen LogP contribution in [0.3, 0.4) is 0 Å². The Kier molecular flexibility index (Phi) is 5.37. The van der Waals surface area contributed by atoms with Crippen LogP contribution >= 0.6 is 0 Å². The summed E-state index contributed by atoms with van der Waals surface area (Å²) in [6.07, 6.45) is 4.35. The lowest BCUT2D eigenvalue weighted by Gasteiger charge is -2.29. The molecule has 3 aromatic rings. The number of benzene rings is 1. The van der Waals surface area contributed by atoms with Gasteiger partial charge in [0.05, 0.1) is 6.54 Å². The SMILES string of the molecule is C=C(C)Cn1c(=O)c2c(nc3n2CCCN3c2ccc(CCCC)cc2)n(C)c1=O. The fraction of sp³-hybridized carbons (Fsp3) is 0.435. The molecule has 0 fully saturated rings. The maximum atomic E-state index is 13.2. The summed E-state index contributed by atoms with van der Waals surface area (Å²) in [4.78, 5) is 32.8. The van der Waals surface area contributed by atoms with Crippen LogP contribution in [-0.4, -0.2) is 25.2 Å². The highest BCUT2D eigenvalue weighted by molar-refractivity contribution is 5.77. The van der Waals surface area contributed by atoms with Gasteiger partial charge < -0.3 is 9.47 Å². The van der Waals surface area contributed by atoms with Crippen molar-refractivity contribution in [2.45, 2.75) is 52.6 Å². The molecule has 0 radical (unpaired) electrons. The third kappa shape index (κ3) is 3.38. The van der Waals surface area contributed by atoms with Crippen molar-refractivity contribution in [1.82, 2.24) is 18.7 Å². The summed E-state index contributed by atoms with van der Waals surface area (Å²) in [5.74, 6) is 0.720. The molecule has 7 nitrogen and oxygen atoms in total. The molecule has 4 rings (SSSR count). The van der Waals surface area contributed by atoms with E-state index < -0.39 is 0 Å². The van der Waals surface area contributed by atoms with E-state index in [2.05, 4.69) is 42.7 Å². The lowest BCUT2D eigenvalue weighted by molar-refractivity contribution is 0.597. The number of rotatable bonds is 6. The topological polar surface area (TPSA) is 65.1 Å². The van der Waals surface area contributed by atoms with Crippen LogP contribution in [0.4, 0.5) is 11.6 Å². The van der Waals surface area contributed by atoms with Crippen LogP contribution in [-0.2, 0) is 26.6 Å². The van der Waals surface area contributed by atoms with E-state index >= 15 is 0 Å². The first-order valence-corrected chi connectivity index (χ1v) is 10.6. The lowest BCUT2D eigenvalue weighted by Crippen LogP contribution is -2.40. The van der Waals surface area contributed by atoms with Gasteiger partial charge in [-0.05, 0) is 43.9 Å². The Morgan fingerprint density at radius 3 is 2.57 bits per heavy atom. The van der Waals surface area contributed by atoms with Gasteiger partial charge in [-0.3, -0.25) is 13.9 Å². The van der Waals surface area contributed by atoms with Crippen LogP contribution in [0, 0.1) is 0 Å². The summed E-state index contributed by atoms with van der Waals surface area (Å²) in [6.45, 7) is 9.61. The van der Waals surface area contributed by atoms with Gasteiger partial charge >= 0.3 is 5.69 Å². The van der Waals surface area contributed by atoms with E-state index in [0.29, 0.717) is 17.7 Å². The van der Waals surface area contributed by atoms with E-state index in [1.807, 2.05) is 11.5 Å². The standard InChI is InChI=1S/C23H29N5O2/c1-5-6-8-17-9-11-18(12-10-17)26-13-7-14-27-19-20(24-22(26)27)25(4)23(30)28(21(19)29)15-16(2)3/h9-12H,2,5-8,13-15H2,1,3-4H3. The second-order valence-corrected chi connectivity index (χ2v) is 8.20. The minimum Gasteiger partial charge on any atom is -0.312 e. The van der Waals surface area contributed by atoms with Gasteiger partial charge in [0.15, 0.2) is 11.2 Å². The third-order valence-electron chi connectivity index (χ3n) is 5.71. The summed E-state index contributed by atoms with van der Waals surface area (Å²) >= 11 is 0. The molecule has 0 atom stereocenters. The first-order valence-electron chi connectivity index (χ1n) is 10.6. The molecular weight excluding hydrogens is 378 g/mol. The van der Waals surface area contributed by atoms with Crippen molar-refractivity contribution in [2.24, 2.45) is 7.05 Å². The summed E-state index contributed by atoms with van der Waals surface area (Å²) in [6, 6.07) is 8.58. The largest absolute Gasteiger partial charge is 0.332 e. The van der Waals surface area contributed by atoms with Gasteiger partial charge in [-0.25, -0.2) is 4.79 Å². The Bertz CT molecular complexity index is 1210. The minimum atomic E-state index is -0.363. The number of aromatic nitrogens is 4. The monoisotopic (exact) mass is 407 g/mol. The second kappa shape index (κ2) is 7.97. The molecule has 0 amide bonds. The van der Waals surface area contributed by atoms with E-state index in [9.17, 15) is 9.59 Å². The maximum absolute atomic E-state index is 13.2. The van der Waals surface area contributed by atoms with Crippen LogP contribution in [0.2, 0.25) is 0 Å². The number of anilines is 2. The third-order valence-corrected chi connectivity index (χ3v) is 5.71. The average Bonchev–Trinajstić information content (AvgIpc) is 3.14. The summed E-state index contributed by atoms with van der Waals surface area (Å²) < 4.78 is 4.68. The normalized spacial score (nSPS) is 13.6. The predicted molar refractivity (Wildman–Crippen MR) is 121 cm³/mol. The zero-order chi connectivity index (χ0) is 21.4. The van der Waals surface area contributed by atoms with Crippen molar-refractivity contribution in [3.8, 4) is 0 Å². The number of hydrogen-bond acceptors (Lipinski definition) is 4. The second-order valence-electron chi connectivity index (χ2n) is 8.20. The fourth-order valence-corrected chi connectivity index (χ4v) is 4.14. The van der Waals surface area contributed by atoms with Crippen molar-refractivity contribution in [3.05, 3.63) is 62.8 Å². The molecule has 7 heteroatoms. The molecule has 3 heterocycles. The van der Waals surface area contributed by atoms with Gasteiger partial charge in [0, 0.05) is 25.8 Å². The highest BCUT2D eigenvalue weighted by Crippen LogP contribution is 2.31. The molecule has 0 N–H and O–H groups in total. The number of unbranched alkanes of at least 4 members (excludes halogenated alkanes) is 1. The number of nitrogens with zero attached hydrogens (tertiary/aromatic N) is 5. The Hall–Kier alpha value is -3.09. The Balaban J connectivity index is 1.83. The first kappa shape index (κ1) is 20.2.